The molecule has 28 heavy (non-hydrogen) atoms. The summed E-state index contributed by atoms with van der Waals surface area (Å²) < 4.78 is 41.8. The third-order valence-corrected chi connectivity index (χ3v) is 4.49. The number of rotatable bonds is 3. The van der Waals surface area contributed by atoms with Crippen molar-refractivity contribution in [3.05, 3.63) is 77.7 Å². The predicted molar refractivity (Wildman–Crippen MR) is 101 cm³/mol. The van der Waals surface area contributed by atoms with Crippen LogP contribution < -0.4 is 0 Å². The first-order valence-electron chi connectivity index (χ1n) is 8.35. The van der Waals surface area contributed by atoms with E-state index in [0.717, 1.165) is 22.7 Å². The van der Waals surface area contributed by atoms with Gasteiger partial charge in [-0.2, -0.15) is 0 Å². The number of aromatic amines is 1. The summed E-state index contributed by atoms with van der Waals surface area (Å²) >= 11 is 0. The molecule has 0 aliphatic carbocycles. The Hall–Kier alpha value is -3.56. The van der Waals surface area contributed by atoms with Crippen LogP contribution in [0.5, 0.6) is 0 Å². The lowest BCUT2D eigenvalue weighted by Gasteiger charge is -2.11. The van der Waals surface area contributed by atoms with E-state index >= 15 is 0 Å². The summed E-state index contributed by atoms with van der Waals surface area (Å²) in [6, 6.07) is 11.8. The van der Waals surface area contributed by atoms with Gasteiger partial charge in [0.1, 0.15) is 23.6 Å². The summed E-state index contributed by atoms with van der Waals surface area (Å²) in [5.41, 5.74) is 1.94. The van der Waals surface area contributed by atoms with Gasteiger partial charge < -0.3 is 10.1 Å². The highest BCUT2D eigenvalue weighted by Crippen LogP contribution is 2.31. The second kappa shape index (κ2) is 6.87. The van der Waals surface area contributed by atoms with Gasteiger partial charge in [0.15, 0.2) is 0 Å². The van der Waals surface area contributed by atoms with Gasteiger partial charge in [0, 0.05) is 16.6 Å². The predicted octanol–water partition coefficient (Wildman–Crippen LogP) is 4.98. The number of pyridine rings is 1. The van der Waals surface area contributed by atoms with E-state index in [2.05, 4.69) is 9.97 Å². The molecular weight excluding hydrogens is 365 g/mol. The molecule has 138 valence electrons. The van der Waals surface area contributed by atoms with Crippen molar-refractivity contribution >= 4 is 10.9 Å². The van der Waals surface area contributed by atoms with Crippen molar-refractivity contribution < 1.29 is 18.3 Å². The molecule has 2 aromatic carbocycles. The van der Waals surface area contributed by atoms with E-state index in [1.807, 2.05) is 12.0 Å². The molecule has 2 aromatic heterocycles. The van der Waals surface area contributed by atoms with Crippen molar-refractivity contribution in [3.63, 3.8) is 0 Å². The van der Waals surface area contributed by atoms with Crippen LogP contribution in [0, 0.1) is 29.8 Å². The Balaban J connectivity index is 1.81. The van der Waals surface area contributed by atoms with Gasteiger partial charge in [-0.1, -0.05) is 5.92 Å². The number of benzene rings is 2. The Morgan fingerprint density at radius 2 is 1.79 bits per heavy atom. The minimum Gasteiger partial charge on any atom is -0.376 e. The lowest BCUT2D eigenvalue weighted by molar-refractivity contribution is 0.227. The minimum absolute atomic E-state index is 0.0251. The van der Waals surface area contributed by atoms with Crippen molar-refractivity contribution in [1.82, 2.24) is 9.97 Å². The van der Waals surface area contributed by atoms with E-state index < -0.39 is 23.3 Å². The zero-order valence-electron chi connectivity index (χ0n) is 14.4. The second-order valence-electron chi connectivity index (χ2n) is 6.24. The maximum atomic E-state index is 14.8. The molecule has 2 N–H and O–H groups in total. The zero-order chi connectivity index (χ0) is 19.8. The maximum absolute atomic E-state index is 14.8. The lowest BCUT2D eigenvalue weighted by atomic mass is 10.0. The minimum atomic E-state index is -1.69. The second-order valence-corrected chi connectivity index (χ2v) is 6.24. The third-order valence-electron chi connectivity index (χ3n) is 4.49. The van der Waals surface area contributed by atoms with Gasteiger partial charge in [0.2, 0.25) is 0 Å². The Bertz CT molecular complexity index is 1220. The number of halogens is 3. The van der Waals surface area contributed by atoms with Crippen molar-refractivity contribution in [3.8, 4) is 34.9 Å². The molecule has 0 fully saturated rings. The van der Waals surface area contributed by atoms with Gasteiger partial charge in [0.25, 0.3) is 0 Å². The summed E-state index contributed by atoms with van der Waals surface area (Å²) in [5.74, 6) is -0.288. The number of hydrogen-bond donors (Lipinski definition) is 2. The van der Waals surface area contributed by atoms with Gasteiger partial charge in [-0.15, -0.1) is 6.42 Å². The van der Waals surface area contributed by atoms with Gasteiger partial charge >= 0.3 is 0 Å². The summed E-state index contributed by atoms with van der Waals surface area (Å²) in [5, 5.41) is 10.5. The molecule has 0 bridgehead atoms. The molecule has 1 unspecified atom stereocenters. The summed E-state index contributed by atoms with van der Waals surface area (Å²) in [6.45, 7) is 0. The first kappa shape index (κ1) is 17.8. The molecule has 0 amide bonds. The molecule has 0 aliphatic heterocycles. The van der Waals surface area contributed by atoms with E-state index in [1.54, 1.807) is 18.2 Å². The lowest BCUT2D eigenvalue weighted by Crippen LogP contribution is -2.04. The topological polar surface area (TPSA) is 48.9 Å². The van der Waals surface area contributed by atoms with Crippen molar-refractivity contribution in [2.24, 2.45) is 0 Å². The fourth-order valence-electron chi connectivity index (χ4n) is 3.06. The van der Waals surface area contributed by atoms with Crippen LogP contribution in [0.3, 0.4) is 0 Å². The molecule has 0 aliphatic rings. The van der Waals surface area contributed by atoms with Crippen molar-refractivity contribution in [1.29, 1.82) is 0 Å². The van der Waals surface area contributed by atoms with E-state index in [1.165, 1.54) is 24.4 Å². The van der Waals surface area contributed by atoms with Crippen molar-refractivity contribution in [2.45, 2.75) is 6.10 Å². The zero-order valence-corrected chi connectivity index (χ0v) is 14.4. The average Bonchev–Trinajstić information content (AvgIpc) is 3.11. The molecule has 6 heteroatoms. The normalized spacial score (nSPS) is 12.1. The van der Waals surface area contributed by atoms with Gasteiger partial charge in [-0.3, -0.25) is 4.98 Å². The van der Waals surface area contributed by atoms with Gasteiger partial charge in [-0.05, 0) is 54.1 Å². The molecule has 3 nitrogen and oxygen atoms in total. The number of nitrogens with one attached hydrogen (secondary N) is 1. The molecule has 0 spiro atoms. The van der Waals surface area contributed by atoms with Crippen LogP contribution in [0.4, 0.5) is 13.2 Å². The monoisotopic (exact) mass is 378 g/mol. The van der Waals surface area contributed by atoms with Crippen LogP contribution in [0.25, 0.3) is 33.4 Å². The molecule has 4 rings (SSSR count). The number of terminal acetylenes is 1. The fraction of sp³-hybridized carbons (Fsp3) is 0.0455. The van der Waals surface area contributed by atoms with Crippen LogP contribution in [0.15, 0.2) is 54.7 Å². The van der Waals surface area contributed by atoms with E-state index in [0.29, 0.717) is 5.52 Å². The van der Waals surface area contributed by atoms with Crippen molar-refractivity contribution in [2.75, 3.05) is 0 Å². The highest BCUT2D eigenvalue weighted by atomic mass is 19.1. The number of fused-ring (bicyclic) bond motifs is 1. The van der Waals surface area contributed by atoms with Crippen LogP contribution in [0.2, 0.25) is 0 Å². The number of aromatic nitrogens is 2. The largest absolute Gasteiger partial charge is 0.376 e. The fourth-order valence-corrected chi connectivity index (χ4v) is 3.06. The summed E-state index contributed by atoms with van der Waals surface area (Å²) in [7, 11) is 0. The molecule has 0 radical (unpaired) electrons. The smallest absolute Gasteiger partial charge is 0.145 e. The number of hydrogen-bond acceptors (Lipinski definition) is 2. The first-order valence-corrected chi connectivity index (χ1v) is 8.35. The standard InChI is InChI=1S/C22H13F3N2O/c1-2-20(28)21-16(24)8-7-15(22(21)25)18-10-13-9-17(27-19(13)11-26-18)12-3-5-14(23)6-4-12/h1,3-11,20,27-28H. The van der Waals surface area contributed by atoms with E-state index in [-0.39, 0.29) is 17.1 Å². The Labute approximate surface area is 158 Å². The molecular formula is C22H13F3N2O. The molecule has 2 heterocycles. The molecule has 0 saturated heterocycles. The van der Waals surface area contributed by atoms with E-state index in [4.69, 9.17) is 6.42 Å². The highest BCUT2D eigenvalue weighted by molar-refractivity contribution is 5.88. The highest BCUT2D eigenvalue weighted by Gasteiger charge is 2.21. The Kier molecular flexibility index (Phi) is 4.38. The maximum Gasteiger partial charge on any atom is 0.145 e. The van der Waals surface area contributed by atoms with Gasteiger partial charge in [-0.25, -0.2) is 13.2 Å². The summed E-state index contributed by atoms with van der Waals surface area (Å²) in [6.07, 6.45) is 4.93. The SMILES string of the molecule is C#CC(O)c1c(F)ccc(-c2cc3cc(-c4ccc(F)cc4)[nH]c3cn2)c1F. The Morgan fingerprint density at radius 3 is 2.50 bits per heavy atom. The van der Waals surface area contributed by atoms with E-state index in [9.17, 15) is 18.3 Å². The van der Waals surface area contributed by atoms with Gasteiger partial charge in [0.05, 0.1) is 23.0 Å². The summed E-state index contributed by atoms with van der Waals surface area (Å²) in [4.78, 5) is 7.40. The van der Waals surface area contributed by atoms with Crippen LogP contribution in [0.1, 0.15) is 11.7 Å². The number of H-pyrrole nitrogens is 1. The van der Waals surface area contributed by atoms with Crippen LogP contribution in [-0.2, 0) is 0 Å². The Morgan fingerprint density at radius 1 is 1.04 bits per heavy atom. The number of aliphatic hydroxyl groups excluding tert-OH is 1. The molecule has 4 aromatic rings. The molecule has 0 saturated carbocycles. The third kappa shape index (κ3) is 3.02. The van der Waals surface area contributed by atoms with Crippen LogP contribution >= 0.6 is 0 Å². The van der Waals surface area contributed by atoms with Crippen LogP contribution in [-0.4, -0.2) is 15.1 Å². The quantitative estimate of drug-likeness (QED) is 0.494. The molecule has 1 atom stereocenters. The number of nitrogens with zero attached hydrogens (tertiary/aromatic N) is 1. The first-order chi connectivity index (χ1) is 13.5. The number of aliphatic hydroxyl groups is 1. The average molecular weight is 378 g/mol.